The summed E-state index contributed by atoms with van der Waals surface area (Å²) >= 11 is 0. The lowest BCUT2D eigenvalue weighted by Gasteiger charge is -2.39. The van der Waals surface area contributed by atoms with Crippen LogP contribution in [0.1, 0.15) is 40.5 Å². The fourth-order valence-corrected chi connectivity index (χ4v) is 4.26. The van der Waals surface area contributed by atoms with Crippen LogP contribution < -0.4 is 0 Å². The quantitative estimate of drug-likeness (QED) is 0.450. The Hall–Kier alpha value is -1.15. The van der Waals surface area contributed by atoms with Gasteiger partial charge >= 0.3 is 6.16 Å². The minimum atomic E-state index is -1.42. The van der Waals surface area contributed by atoms with E-state index in [1.165, 1.54) is 0 Å². The lowest BCUT2D eigenvalue weighted by Crippen LogP contribution is -2.63. The Labute approximate surface area is 140 Å². The second-order valence-corrected chi connectivity index (χ2v) is 8.20. The van der Waals surface area contributed by atoms with Crippen LogP contribution in [0.15, 0.2) is 11.6 Å². The minimum absolute atomic E-state index is 0.164. The number of carbonyl (C=O) groups excluding carboxylic acids is 1. The van der Waals surface area contributed by atoms with E-state index in [0.717, 1.165) is 5.57 Å². The molecule has 0 bridgehead atoms. The van der Waals surface area contributed by atoms with Gasteiger partial charge in [0.1, 0.15) is 23.4 Å². The highest BCUT2D eigenvalue weighted by Gasteiger charge is 2.82. The van der Waals surface area contributed by atoms with E-state index in [4.69, 9.17) is 18.9 Å². The molecule has 3 heterocycles. The van der Waals surface area contributed by atoms with Gasteiger partial charge in [-0.25, -0.2) is 4.79 Å². The van der Waals surface area contributed by atoms with Crippen LogP contribution in [0.5, 0.6) is 0 Å². The van der Waals surface area contributed by atoms with Crippen LogP contribution in [0.3, 0.4) is 0 Å². The largest absolute Gasteiger partial charge is 0.509 e. The molecular weight excluding hydrogens is 316 g/mol. The van der Waals surface area contributed by atoms with Gasteiger partial charge in [0, 0.05) is 12.8 Å². The van der Waals surface area contributed by atoms with Gasteiger partial charge in [-0.3, -0.25) is 0 Å². The summed E-state index contributed by atoms with van der Waals surface area (Å²) < 4.78 is 22.6. The number of rotatable bonds is 3. The van der Waals surface area contributed by atoms with Crippen LogP contribution >= 0.6 is 0 Å². The van der Waals surface area contributed by atoms with Crippen molar-refractivity contribution >= 4 is 6.16 Å². The van der Waals surface area contributed by atoms with Crippen molar-refractivity contribution in [3.05, 3.63) is 11.6 Å². The molecule has 134 valence electrons. The molecule has 7 unspecified atom stereocenters. The molecule has 7 nitrogen and oxygen atoms in total. The maximum absolute atomic E-state index is 11.7. The van der Waals surface area contributed by atoms with Gasteiger partial charge in [0.15, 0.2) is 12.2 Å². The third-order valence-corrected chi connectivity index (χ3v) is 5.67. The molecule has 0 radical (unpaired) electrons. The van der Waals surface area contributed by atoms with E-state index >= 15 is 0 Å². The number of allylic oxidation sites excluding steroid dienone is 1. The Balaban J connectivity index is 1.70. The number of carbonyl (C=O) groups is 1. The lowest BCUT2D eigenvalue weighted by atomic mass is 9.70. The Morgan fingerprint density at radius 3 is 2.54 bits per heavy atom. The average Bonchev–Trinajstić information content (AvgIpc) is 2.84. The standard InChI is InChI=1S/C17H24O7/c1-8(2)5-6-17-12-10(22-14(18)23-12)16(20)7-9(15(3,4)19)21-11(16)13(17)24-17/h5,9-13,19-20H,6-7H2,1-4H3. The first kappa shape index (κ1) is 16.3. The minimum Gasteiger partial charge on any atom is -0.424 e. The van der Waals surface area contributed by atoms with Gasteiger partial charge in [-0.05, 0) is 27.7 Å². The van der Waals surface area contributed by atoms with Crippen LogP contribution in [0.4, 0.5) is 4.79 Å². The van der Waals surface area contributed by atoms with E-state index in [1.54, 1.807) is 13.8 Å². The maximum Gasteiger partial charge on any atom is 0.509 e. The SMILES string of the molecule is CC(C)=CCC12OC1C1OC(C(C)(C)O)CC1(O)C1OC(=O)OC12. The molecule has 4 rings (SSSR count). The fraction of sp³-hybridized carbons (Fsp3) is 0.824. The second-order valence-electron chi connectivity index (χ2n) is 8.20. The molecule has 1 saturated carbocycles. The summed E-state index contributed by atoms with van der Waals surface area (Å²) in [7, 11) is 0. The average molecular weight is 340 g/mol. The molecule has 0 amide bonds. The summed E-state index contributed by atoms with van der Waals surface area (Å²) in [6.07, 6.45) is -1.19. The van der Waals surface area contributed by atoms with E-state index in [2.05, 4.69) is 0 Å². The van der Waals surface area contributed by atoms with E-state index in [1.807, 2.05) is 19.9 Å². The number of hydrogen-bond acceptors (Lipinski definition) is 7. The van der Waals surface area contributed by atoms with E-state index in [-0.39, 0.29) is 12.5 Å². The summed E-state index contributed by atoms with van der Waals surface area (Å²) in [6.45, 7) is 7.24. The molecule has 0 aromatic carbocycles. The van der Waals surface area contributed by atoms with Crippen LogP contribution in [-0.4, -0.2) is 63.7 Å². The summed E-state index contributed by atoms with van der Waals surface area (Å²) in [5, 5.41) is 21.5. The van der Waals surface area contributed by atoms with Crippen LogP contribution in [0.2, 0.25) is 0 Å². The molecule has 3 saturated heterocycles. The summed E-state index contributed by atoms with van der Waals surface area (Å²) in [6, 6.07) is 0. The first-order chi connectivity index (χ1) is 11.1. The monoisotopic (exact) mass is 340 g/mol. The van der Waals surface area contributed by atoms with Crippen molar-refractivity contribution in [3.8, 4) is 0 Å². The fourth-order valence-electron chi connectivity index (χ4n) is 4.26. The third-order valence-electron chi connectivity index (χ3n) is 5.67. The van der Waals surface area contributed by atoms with Gasteiger partial charge in [-0.15, -0.1) is 0 Å². The van der Waals surface area contributed by atoms with Crippen molar-refractivity contribution in [3.63, 3.8) is 0 Å². The smallest absolute Gasteiger partial charge is 0.424 e. The van der Waals surface area contributed by atoms with E-state index < -0.39 is 47.4 Å². The molecule has 0 aromatic rings. The topological polar surface area (TPSA) is 97.8 Å². The first-order valence-electron chi connectivity index (χ1n) is 8.36. The number of epoxide rings is 1. The molecule has 0 spiro atoms. The molecule has 24 heavy (non-hydrogen) atoms. The van der Waals surface area contributed by atoms with Crippen molar-refractivity contribution in [2.75, 3.05) is 0 Å². The number of hydrogen-bond donors (Lipinski definition) is 2. The van der Waals surface area contributed by atoms with Gasteiger partial charge in [-0.1, -0.05) is 11.6 Å². The highest BCUT2D eigenvalue weighted by atomic mass is 16.8. The summed E-state index contributed by atoms with van der Waals surface area (Å²) in [5.74, 6) is 0. The molecule has 7 heteroatoms. The first-order valence-corrected chi connectivity index (χ1v) is 8.36. The molecule has 1 aliphatic carbocycles. The van der Waals surface area contributed by atoms with Gasteiger partial charge in [0.25, 0.3) is 0 Å². The van der Waals surface area contributed by atoms with Crippen molar-refractivity contribution in [1.82, 2.24) is 0 Å². The maximum atomic E-state index is 11.7. The zero-order valence-electron chi connectivity index (χ0n) is 14.3. The Morgan fingerprint density at radius 1 is 1.25 bits per heavy atom. The molecule has 4 fully saturated rings. The lowest BCUT2D eigenvalue weighted by molar-refractivity contribution is -0.147. The highest BCUT2D eigenvalue weighted by molar-refractivity contribution is 5.64. The van der Waals surface area contributed by atoms with Crippen LogP contribution in [-0.2, 0) is 18.9 Å². The van der Waals surface area contributed by atoms with Gasteiger partial charge in [0.2, 0.25) is 0 Å². The zero-order valence-corrected chi connectivity index (χ0v) is 14.3. The molecule has 2 N–H and O–H groups in total. The number of aliphatic hydroxyl groups is 2. The third kappa shape index (κ3) is 2.08. The van der Waals surface area contributed by atoms with Crippen LogP contribution in [0.25, 0.3) is 0 Å². The van der Waals surface area contributed by atoms with Gasteiger partial charge in [0.05, 0.1) is 11.7 Å². The molecule has 3 aliphatic heterocycles. The molecule has 4 aliphatic rings. The Morgan fingerprint density at radius 2 is 1.92 bits per heavy atom. The summed E-state index contributed by atoms with van der Waals surface area (Å²) in [5.41, 5.74) is -2.14. The summed E-state index contributed by atoms with van der Waals surface area (Å²) in [4.78, 5) is 11.7. The zero-order chi connectivity index (χ0) is 17.5. The van der Waals surface area contributed by atoms with Crippen molar-refractivity contribution in [1.29, 1.82) is 0 Å². The molecule has 0 aromatic heterocycles. The van der Waals surface area contributed by atoms with Crippen molar-refractivity contribution in [2.24, 2.45) is 0 Å². The van der Waals surface area contributed by atoms with Gasteiger partial charge in [-0.2, -0.15) is 0 Å². The number of ether oxygens (including phenoxy) is 4. The van der Waals surface area contributed by atoms with Crippen LogP contribution in [0, 0.1) is 0 Å². The van der Waals surface area contributed by atoms with E-state index in [0.29, 0.717) is 6.42 Å². The second kappa shape index (κ2) is 4.72. The Kier molecular flexibility index (Phi) is 3.21. The molecular formula is C17H24O7. The molecule has 7 atom stereocenters. The van der Waals surface area contributed by atoms with E-state index in [9.17, 15) is 15.0 Å². The van der Waals surface area contributed by atoms with Gasteiger partial charge < -0.3 is 29.2 Å². The predicted octanol–water partition coefficient (Wildman–Crippen LogP) is 1.06. The van der Waals surface area contributed by atoms with Crippen molar-refractivity contribution < 1.29 is 34.0 Å². The van der Waals surface area contributed by atoms with Crippen molar-refractivity contribution in [2.45, 2.75) is 87.9 Å². The normalized spacial score (nSPS) is 48.8. The number of fused-ring (bicyclic) bond motifs is 6. The Bertz CT molecular complexity index is 605. The highest BCUT2D eigenvalue weighted by Crippen LogP contribution is 2.61. The predicted molar refractivity (Wildman–Crippen MR) is 81.3 cm³/mol.